The van der Waals surface area contributed by atoms with Gasteiger partial charge in [0, 0.05) is 11.3 Å². The summed E-state index contributed by atoms with van der Waals surface area (Å²) in [5, 5.41) is 14.7. The molecule has 11 heteroatoms. The summed E-state index contributed by atoms with van der Waals surface area (Å²) >= 11 is 0.986. The summed E-state index contributed by atoms with van der Waals surface area (Å²) in [4.78, 5) is 25.2. The van der Waals surface area contributed by atoms with E-state index in [1.54, 1.807) is 19.1 Å². The number of thiophene rings is 1. The molecule has 0 aliphatic carbocycles. The fourth-order valence-electron chi connectivity index (χ4n) is 2.75. The van der Waals surface area contributed by atoms with Crippen molar-refractivity contribution in [2.24, 2.45) is 0 Å². The molecule has 0 saturated heterocycles. The molecule has 0 atom stereocenters. The number of amides is 2. The van der Waals surface area contributed by atoms with Crippen LogP contribution in [0.2, 0.25) is 0 Å². The van der Waals surface area contributed by atoms with E-state index in [-0.39, 0.29) is 27.4 Å². The van der Waals surface area contributed by atoms with E-state index in [2.05, 4.69) is 15.4 Å². The molecule has 2 amide bonds. The van der Waals surface area contributed by atoms with Crippen molar-refractivity contribution < 1.29 is 31.9 Å². The highest BCUT2D eigenvalue weighted by molar-refractivity contribution is 7.18. The number of alkyl halides is 3. The number of aryl methyl sites for hydroxylation is 1. The van der Waals surface area contributed by atoms with Crippen LogP contribution >= 0.6 is 11.3 Å². The van der Waals surface area contributed by atoms with E-state index >= 15 is 0 Å². The third-order valence-corrected chi connectivity index (χ3v) is 5.35. The van der Waals surface area contributed by atoms with Gasteiger partial charge in [0.25, 0.3) is 11.8 Å². The minimum atomic E-state index is -4.56. The van der Waals surface area contributed by atoms with E-state index in [1.807, 2.05) is 0 Å². The minimum absolute atomic E-state index is 0.115. The lowest BCUT2D eigenvalue weighted by atomic mass is 10.2. The molecule has 0 spiro atoms. The number of benzene rings is 2. The van der Waals surface area contributed by atoms with E-state index < -0.39 is 30.4 Å². The standard InChI is InChI=1S/C22H15F4N3O3S/c1-12-7-18(29-20(30)13-3-2-4-15(23)8-13)33-19(12)21(31)28-16-5-6-17(14(9-16)10-27)32-11-22(24,25)26/h2-9H,11H2,1H3,(H,28,31)(H,29,30). The molecule has 0 radical (unpaired) electrons. The Kier molecular flexibility index (Phi) is 6.98. The third-order valence-electron chi connectivity index (χ3n) is 4.20. The third kappa shape index (κ3) is 6.30. The summed E-state index contributed by atoms with van der Waals surface area (Å²) in [6.07, 6.45) is -4.56. The van der Waals surface area contributed by atoms with Crippen molar-refractivity contribution in [3.8, 4) is 11.8 Å². The Morgan fingerprint density at radius 2 is 1.85 bits per heavy atom. The maximum absolute atomic E-state index is 13.3. The first-order valence-electron chi connectivity index (χ1n) is 9.28. The smallest absolute Gasteiger partial charge is 0.422 e. The summed E-state index contributed by atoms with van der Waals surface area (Å²) in [6.45, 7) is 0.101. The van der Waals surface area contributed by atoms with Crippen LogP contribution in [0.1, 0.15) is 31.2 Å². The molecular formula is C22H15F4N3O3S. The lowest BCUT2D eigenvalue weighted by Gasteiger charge is -2.11. The van der Waals surface area contributed by atoms with Crippen LogP contribution in [0, 0.1) is 24.1 Å². The Hall–Kier alpha value is -3.91. The zero-order valence-electron chi connectivity index (χ0n) is 16.9. The Bertz CT molecular complexity index is 1250. The van der Waals surface area contributed by atoms with Gasteiger partial charge in [0.2, 0.25) is 0 Å². The van der Waals surface area contributed by atoms with E-state index in [4.69, 9.17) is 0 Å². The number of hydrogen-bond donors (Lipinski definition) is 2. The summed E-state index contributed by atoms with van der Waals surface area (Å²) in [5.41, 5.74) is 0.665. The van der Waals surface area contributed by atoms with Crippen LogP contribution in [0.5, 0.6) is 5.75 Å². The van der Waals surface area contributed by atoms with Gasteiger partial charge < -0.3 is 15.4 Å². The zero-order chi connectivity index (χ0) is 24.2. The number of nitrogens with one attached hydrogen (secondary N) is 2. The first-order valence-corrected chi connectivity index (χ1v) is 10.1. The van der Waals surface area contributed by atoms with Crippen molar-refractivity contribution in [3.05, 3.63) is 75.9 Å². The van der Waals surface area contributed by atoms with Crippen LogP contribution < -0.4 is 15.4 Å². The van der Waals surface area contributed by atoms with Crippen LogP contribution in [-0.4, -0.2) is 24.6 Å². The van der Waals surface area contributed by atoms with Crippen molar-refractivity contribution in [1.29, 1.82) is 5.26 Å². The quantitative estimate of drug-likeness (QED) is 0.458. The summed E-state index contributed by atoms with van der Waals surface area (Å²) < 4.78 is 55.0. The molecule has 170 valence electrons. The second kappa shape index (κ2) is 9.70. The topological polar surface area (TPSA) is 91.2 Å². The molecule has 2 aromatic carbocycles. The molecule has 1 heterocycles. The van der Waals surface area contributed by atoms with E-state index in [1.165, 1.54) is 30.3 Å². The molecule has 1 aromatic heterocycles. The van der Waals surface area contributed by atoms with Gasteiger partial charge in [-0.1, -0.05) is 6.07 Å². The Morgan fingerprint density at radius 3 is 2.52 bits per heavy atom. The average Bonchev–Trinajstić information content (AvgIpc) is 3.12. The van der Waals surface area contributed by atoms with Crippen molar-refractivity contribution in [2.75, 3.05) is 17.2 Å². The maximum atomic E-state index is 13.3. The van der Waals surface area contributed by atoms with E-state index in [0.717, 1.165) is 23.5 Å². The number of anilines is 2. The van der Waals surface area contributed by atoms with Gasteiger partial charge in [0.1, 0.15) is 17.6 Å². The summed E-state index contributed by atoms with van der Waals surface area (Å²) in [7, 11) is 0. The molecule has 33 heavy (non-hydrogen) atoms. The molecule has 0 saturated carbocycles. The highest BCUT2D eigenvalue weighted by atomic mass is 32.1. The van der Waals surface area contributed by atoms with Crippen LogP contribution in [0.3, 0.4) is 0 Å². The molecule has 0 aliphatic heterocycles. The minimum Gasteiger partial charge on any atom is -0.483 e. The number of halogens is 4. The molecule has 0 unspecified atom stereocenters. The van der Waals surface area contributed by atoms with Gasteiger partial charge in [-0.25, -0.2) is 4.39 Å². The van der Waals surface area contributed by atoms with Gasteiger partial charge in [-0.3, -0.25) is 9.59 Å². The Balaban J connectivity index is 1.71. The summed E-state index contributed by atoms with van der Waals surface area (Å²) in [6, 6.07) is 12.1. The highest BCUT2D eigenvalue weighted by Crippen LogP contribution is 2.29. The van der Waals surface area contributed by atoms with Gasteiger partial charge in [0.15, 0.2) is 6.61 Å². The van der Waals surface area contributed by atoms with Gasteiger partial charge in [-0.2, -0.15) is 18.4 Å². The highest BCUT2D eigenvalue weighted by Gasteiger charge is 2.29. The second-order valence-electron chi connectivity index (χ2n) is 6.77. The predicted molar refractivity (Wildman–Crippen MR) is 114 cm³/mol. The summed E-state index contributed by atoms with van der Waals surface area (Å²) in [5.74, 6) is -1.91. The maximum Gasteiger partial charge on any atom is 0.422 e. The van der Waals surface area contributed by atoms with Gasteiger partial charge in [-0.05, 0) is 55.0 Å². The fourth-order valence-corrected chi connectivity index (χ4v) is 3.71. The Morgan fingerprint density at radius 1 is 1.09 bits per heavy atom. The number of nitrogens with zero attached hydrogens (tertiary/aromatic N) is 1. The van der Waals surface area contributed by atoms with Crippen LogP contribution in [0.15, 0.2) is 48.5 Å². The van der Waals surface area contributed by atoms with Crippen LogP contribution in [0.25, 0.3) is 0 Å². The number of rotatable bonds is 6. The van der Waals surface area contributed by atoms with Crippen molar-refractivity contribution in [1.82, 2.24) is 0 Å². The lowest BCUT2D eigenvalue weighted by Crippen LogP contribution is -2.19. The van der Waals surface area contributed by atoms with Crippen molar-refractivity contribution in [2.45, 2.75) is 13.1 Å². The average molecular weight is 477 g/mol. The van der Waals surface area contributed by atoms with Crippen LogP contribution in [-0.2, 0) is 0 Å². The number of carbonyl (C=O) groups excluding carboxylic acids is 2. The fraction of sp³-hybridized carbons (Fsp3) is 0.136. The lowest BCUT2D eigenvalue weighted by molar-refractivity contribution is -0.153. The first kappa shape index (κ1) is 23.7. The molecule has 2 N–H and O–H groups in total. The molecule has 0 aliphatic rings. The molecule has 0 bridgehead atoms. The number of ether oxygens (including phenoxy) is 1. The van der Waals surface area contributed by atoms with Crippen molar-refractivity contribution >= 4 is 33.8 Å². The second-order valence-corrected chi connectivity index (χ2v) is 7.82. The molecule has 3 rings (SSSR count). The Labute approximate surface area is 189 Å². The van der Waals surface area contributed by atoms with Crippen LogP contribution in [0.4, 0.5) is 28.3 Å². The van der Waals surface area contributed by atoms with Gasteiger partial charge in [0.05, 0.1) is 15.4 Å². The number of hydrogen-bond acceptors (Lipinski definition) is 5. The van der Waals surface area contributed by atoms with Crippen molar-refractivity contribution in [3.63, 3.8) is 0 Å². The number of carbonyl (C=O) groups is 2. The normalized spacial score (nSPS) is 10.9. The van der Waals surface area contributed by atoms with Gasteiger partial charge in [-0.15, -0.1) is 11.3 Å². The molecule has 3 aromatic rings. The van der Waals surface area contributed by atoms with E-state index in [9.17, 15) is 32.4 Å². The number of nitriles is 1. The molecule has 0 fully saturated rings. The predicted octanol–water partition coefficient (Wildman–Crippen LogP) is 5.51. The monoisotopic (exact) mass is 477 g/mol. The zero-order valence-corrected chi connectivity index (χ0v) is 17.7. The first-order chi connectivity index (χ1) is 15.6. The van der Waals surface area contributed by atoms with Gasteiger partial charge >= 0.3 is 6.18 Å². The molecular weight excluding hydrogens is 462 g/mol. The largest absolute Gasteiger partial charge is 0.483 e. The van der Waals surface area contributed by atoms with E-state index in [0.29, 0.717) is 10.6 Å². The SMILES string of the molecule is Cc1cc(NC(=O)c2cccc(F)c2)sc1C(=O)Nc1ccc(OCC(F)(F)F)c(C#N)c1. The molecule has 6 nitrogen and oxygen atoms in total.